The summed E-state index contributed by atoms with van der Waals surface area (Å²) in [5, 5.41) is 8.00. The molecule has 3 nitrogen and oxygen atoms in total. The number of fused-ring (bicyclic) bond motifs is 1. The number of benzene rings is 3. The van der Waals surface area contributed by atoms with E-state index < -0.39 is 11.7 Å². The van der Waals surface area contributed by atoms with Crippen molar-refractivity contribution in [2.24, 2.45) is 5.92 Å². The smallest absolute Gasteiger partial charge is 0.349 e. The van der Waals surface area contributed by atoms with Crippen molar-refractivity contribution in [3.05, 3.63) is 71.8 Å². The summed E-state index contributed by atoms with van der Waals surface area (Å²) in [6, 6.07) is 16.3. The molecule has 1 heterocycles. The lowest BCUT2D eigenvalue weighted by Crippen LogP contribution is -2.53. The molecule has 0 aliphatic carbocycles. The Morgan fingerprint density at radius 2 is 1.79 bits per heavy atom. The van der Waals surface area contributed by atoms with Gasteiger partial charge in [0.25, 0.3) is 5.91 Å². The van der Waals surface area contributed by atoms with Crippen LogP contribution in [0.2, 0.25) is 0 Å². The normalized spacial score (nSPS) is 15.7. The van der Waals surface area contributed by atoms with Crippen molar-refractivity contribution < 1.29 is 18.0 Å². The average Bonchev–Trinajstić information content (AvgIpc) is 2.65. The molecule has 6 heteroatoms. The van der Waals surface area contributed by atoms with Gasteiger partial charge in [-0.1, -0.05) is 36.4 Å². The Labute approximate surface area is 166 Å². The molecule has 1 aliphatic rings. The highest BCUT2D eigenvalue weighted by Crippen LogP contribution is 2.33. The predicted octanol–water partition coefficient (Wildman–Crippen LogP) is 4.86. The van der Waals surface area contributed by atoms with Crippen LogP contribution in [0.15, 0.2) is 60.7 Å². The molecule has 1 aliphatic heterocycles. The van der Waals surface area contributed by atoms with Crippen LogP contribution in [0.4, 0.5) is 13.2 Å². The van der Waals surface area contributed by atoms with Gasteiger partial charge in [-0.3, -0.25) is 4.79 Å². The molecule has 1 amide bonds. The zero-order valence-corrected chi connectivity index (χ0v) is 15.9. The van der Waals surface area contributed by atoms with Crippen LogP contribution in [-0.2, 0) is 6.18 Å². The van der Waals surface area contributed by atoms with Crippen molar-refractivity contribution in [2.45, 2.75) is 19.1 Å². The van der Waals surface area contributed by atoms with Gasteiger partial charge in [-0.25, -0.2) is 0 Å². The molecule has 0 aromatic heterocycles. The standard InChI is InChI=1S/C23H21F3N2O/c1-14(18-12-27-13-18)28-22(29)17-7-10-21-16(11-17)3-2-4-20(21)15-5-8-19(9-6-15)23(24,25)26/h2-11,14,18,27H,12-13H2,1H3,(H,28,29)/t14-/m0/s1. The Kier molecular flexibility index (Phi) is 5.04. The number of amides is 1. The Bertz CT molecular complexity index is 1040. The third-order valence-electron chi connectivity index (χ3n) is 5.54. The van der Waals surface area contributed by atoms with Crippen LogP contribution < -0.4 is 10.6 Å². The highest BCUT2D eigenvalue weighted by molar-refractivity contribution is 6.02. The summed E-state index contributed by atoms with van der Waals surface area (Å²) in [5.74, 6) is 0.330. The van der Waals surface area contributed by atoms with E-state index in [9.17, 15) is 18.0 Å². The fourth-order valence-electron chi connectivity index (χ4n) is 3.59. The van der Waals surface area contributed by atoms with Gasteiger partial charge in [0.15, 0.2) is 0 Å². The van der Waals surface area contributed by atoms with Crippen molar-refractivity contribution in [3.63, 3.8) is 0 Å². The molecule has 0 spiro atoms. The minimum atomic E-state index is -4.35. The summed E-state index contributed by atoms with van der Waals surface area (Å²) < 4.78 is 38.5. The van der Waals surface area contributed by atoms with Gasteiger partial charge in [-0.15, -0.1) is 0 Å². The molecule has 1 fully saturated rings. The van der Waals surface area contributed by atoms with Crippen LogP contribution in [0.25, 0.3) is 21.9 Å². The van der Waals surface area contributed by atoms with E-state index in [1.54, 1.807) is 6.07 Å². The second-order valence-corrected chi connectivity index (χ2v) is 7.50. The van der Waals surface area contributed by atoms with Crippen molar-refractivity contribution in [2.75, 3.05) is 13.1 Å². The third kappa shape index (κ3) is 3.98. The minimum Gasteiger partial charge on any atom is -0.349 e. The SMILES string of the molecule is C[C@H](NC(=O)c1ccc2c(-c3ccc(C(F)(F)F)cc3)cccc2c1)C1CNC1. The van der Waals surface area contributed by atoms with E-state index in [2.05, 4.69) is 10.6 Å². The molecule has 2 N–H and O–H groups in total. The van der Waals surface area contributed by atoms with Gasteiger partial charge in [0.05, 0.1) is 5.56 Å². The number of alkyl halides is 3. The number of nitrogens with one attached hydrogen (secondary N) is 2. The summed E-state index contributed by atoms with van der Waals surface area (Å²) in [4.78, 5) is 12.6. The highest BCUT2D eigenvalue weighted by Gasteiger charge is 2.30. The van der Waals surface area contributed by atoms with Crippen molar-refractivity contribution in [3.8, 4) is 11.1 Å². The van der Waals surface area contributed by atoms with Crippen molar-refractivity contribution in [1.82, 2.24) is 10.6 Å². The van der Waals surface area contributed by atoms with E-state index in [1.165, 1.54) is 12.1 Å². The van der Waals surface area contributed by atoms with E-state index in [0.29, 0.717) is 17.0 Å². The van der Waals surface area contributed by atoms with Gasteiger partial charge in [-0.2, -0.15) is 13.2 Å². The maximum Gasteiger partial charge on any atom is 0.416 e. The number of carbonyl (C=O) groups excluding carboxylic acids is 1. The maximum absolute atomic E-state index is 12.8. The van der Waals surface area contributed by atoms with Gasteiger partial charge in [0.2, 0.25) is 0 Å². The number of hydrogen-bond donors (Lipinski definition) is 2. The summed E-state index contributed by atoms with van der Waals surface area (Å²) >= 11 is 0. The highest BCUT2D eigenvalue weighted by atomic mass is 19.4. The van der Waals surface area contributed by atoms with Gasteiger partial charge in [0, 0.05) is 30.6 Å². The molecule has 0 unspecified atom stereocenters. The molecule has 1 atom stereocenters. The molecule has 3 aromatic rings. The largest absolute Gasteiger partial charge is 0.416 e. The minimum absolute atomic E-state index is 0.0953. The number of halogens is 3. The molecule has 3 aromatic carbocycles. The quantitative estimate of drug-likeness (QED) is 0.659. The first-order valence-corrected chi connectivity index (χ1v) is 9.55. The summed E-state index contributed by atoms with van der Waals surface area (Å²) in [6.45, 7) is 3.83. The first-order chi connectivity index (χ1) is 13.8. The second kappa shape index (κ2) is 7.52. The Balaban J connectivity index is 1.61. The Hall–Kier alpha value is -2.86. The first kappa shape index (κ1) is 19.5. The molecule has 1 saturated heterocycles. The monoisotopic (exact) mass is 398 g/mol. The summed E-state index contributed by atoms with van der Waals surface area (Å²) in [7, 11) is 0. The maximum atomic E-state index is 12.8. The third-order valence-corrected chi connectivity index (χ3v) is 5.54. The number of hydrogen-bond acceptors (Lipinski definition) is 2. The molecular formula is C23H21F3N2O. The van der Waals surface area contributed by atoms with Gasteiger partial charge in [0.1, 0.15) is 0 Å². The van der Waals surface area contributed by atoms with Crippen LogP contribution in [0.5, 0.6) is 0 Å². The van der Waals surface area contributed by atoms with Crippen molar-refractivity contribution >= 4 is 16.7 Å². The average molecular weight is 398 g/mol. The van der Waals surface area contributed by atoms with E-state index >= 15 is 0 Å². The Morgan fingerprint density at radius 3 is 2.41 bits per heavy atom. The van der Waals surface area contributed by atoms with Crippen LogP contribution in [-0.4, -0.2) is 25.0 Å². The Morgan fingerprint density at radius 1 is 1.07 bits per heavy atom. The lowest BCUT2D eigenvalue weighted by atomic mass is 9.94. The molecule has 0 radical (unpaired) electrons. The van der Waals surface area contributed by atoms with Gasteiger partial charge < -0.3 is 10.6 Å². The molecule has 29 heavy (non-hydrogen) atoms. The fraction of sp³-hybridized carbons (Fsp3) is 0.261. The molecule has 150 valence electrons. The van der Waals surface area contributed by atoms with E-state index in [1.807, 2.05) is 37.3 Å². The lowest BCUT2D eigenvalue weighted by Gasteiger charge is -2.33. The second-order valence-electron chi connectivity index (χ2n) is 7.50. The van der Waals surface area contributed by atoms with Gasteiger partial charge in [-0.05, 0) is 53.1 Å². The molecule has 4 rings (SSSR count). The zero-order chi connectivity index (χ0) is 20.6. The van der Waals surface area contributed by atoms with Crippen molar-refractivity contribution in [1.29, 1.82) is 0 Å². The lowest BCUT2D eigenvalue weighted by molar-refractivity contribution is -0.137. The van der Waals surface area contributed by atoms with Crippen LogP contribution >= 0.6 is 0 Å². The number of carbonyl (C=O) groups is 1. The summed E-state index contributed by atoms with van der Waals surface area (Å²) in [5.41, 5.74) is 1.43. The van der Waals surface area contributed by atoms with Crippen LogP contribution in [0, 0.1) is 5.92 Å². The topological polar surface area (TPSA) is 41.1 Å². The van der Waals surface area contributed by atoms with E-state index in [-0.39, 0.29) is 11.9 Å². The molecular weight excluding hydrogens is 377 g/mol. The van der Waals surface area contributed by atoms with Crippen LogP contribution in [0.1, 0.15) is 22.8 Å². The zero-order valence-electron chi connectivity index (χ0n) is 15.9. The van der Waals surface area contributed by atoms with E-state index in [0.717, 1.165) is 41.6 Å². The van der Waals surface area contributed by atoms with Crippen LogP contribution in [0.3, 0.4) is 0 Å². The fourth-order valence-corrected chi connectivity index (χ4v) is 3.59. The molecule has 0 bridgehead atoms. The van der Waals surface area contributed by atoms with E-state index in [4.69, 9.17) is 0 Å². The first-order valence-electron chi connectivity index (χ1n) is 9.55. The number of rotatable bonds is 4. The summed E-state index contributed by atoms with van der Waals surface area (Å²) in [6.07, 6.45) is -4.35. The molecule has 0 saturated carbocycles. The predicted molar refractivity (Wildman–Crippen MR) is 108 cm³/mol. The van der Waals surface area contributed by atoms with Gasteiger partial charge >= 0.3 is 6.18 Å².